The molecule has 112 valence electrons. The summed E-state index contributed by atoms with van der Waals surface area (Å²) in [6.45, 7) is 6.99. The first-order valence-electron chi connectivity index (χ1n) is 7.09. The number of hydrogen-bond acceptors (Lipinski definition) is 2. The molecule has 1 rings (SSSR count). The molecule has 0 radical (unpaired) electrons. The van der Waals surface area contributed by atoms with Crippen LogP contribution in [0.2, 0.25) is 0 Å². The highest BCUT2D eigenvalue weighted by Crippen LogP contribution is 2.29. The lowest BCUT2D eigenvalue weighted by atomic mass is 10.1. The second-order valence-corrected chi connectivity index (χ2v) is 5.32. The van der Waals surface area contributed by atoms with Crippen LogP contribution in [0, 0.1) is 12.8 Å². The standard InChI is InChI=1S/C16H24ClNO2/c1-5-13(6-2)11-20-15-8-7-12(3)9-14(15)18(4)16(19)10-17/h7-9,13H,5-6,10-11H2,1-4H3. The molecule has 0 saturated heterocycles. The first-order valence-corrected chi connectivity index (χ1v) is 7.62. The molecule has 0 bridgehead atoms. The minimum absolute atomic E-state index is 0.0313. The molecular weight excluding hydrogens is 274 g/mol. The number of ether oxygens (including phenoxy) is 1. The van der Waals surface area contributed by atoms with Crippen LogP contribution in [0.1, 0.15) is 32.3 Å². The van der Waals surface area contributed by atoms with Crippen molar-refractivity contribution in [2.75, 3.05) is 24.4 Å². The molecule has 1 amide bonds. The van der Waals surface area contributed by atoms with Crippen molar-refractivity contribution in [2.45, 2.75) is 33.6 Å². The molecule has 1 aromatic carbocycles. The Morgan fingerprint density at radius 1 is 1.35 bits per heavy atom. The van der Waals surface area contributed by atoms with Crippen LogP contribution in [-0.4, -0.2) is 25.4 Å². The first-order chi connectivity index (χ1) is 9.53. The summed E-state index contributed by atoms with van der Waals surface area (Å²) in [6.07, 6.45) is 2.18. The maximum atomic E-state index is 11.8. The zero-order valence-corrected chi connectivity index (χ0v) is 13.5. The van der Waals surface area contributed by atoms with Crippen molar-refractivity contribution < 1.29 is 9.53 Å². The number of alkyl halides is 1. The fraction of sp³-hybridized carbons (Fsp3) is 0.562. The second-order valence-electron chi connectivity index (χ2n) is 5.05. The summed E-state index contributed by atoms with van der Waals surface area (Å²) < 4.78 is 5.91. The van der Waals surface area contributed by atoms with E-state index in [1.54, 1.807) is 11.9 Å². The van der Waals surface area contributed by atoms with Crippen molar-refractivity contribution in [1.29, 1.82) is 0 Å². The zero-order chi connectivity index (χ0) is 15.1. The number of rotatable bonds is 7. The number of benzene rings is 1. The Kier molecular flexibility index (Phi) is 6.86. The highest BCUT2D eigenvalue weighted by molar-refractivity contribution is 6.29. The third kappa shape index (κ3) is 4.41. The average Bonchev–Trinajstić information content (AvgIpc) is 2.47. The van der Waals surface area contributed by atoms with Crippen LogP contribution < -0.4 is 9.64 Å². The highest BCUT2D eigenvalue weighted by atomic mass is 35.5. The molecule has 0 aliphatic carbocycles. The van der Waals surface area contributed by atoms with Gasteiger partial charge in [-0.3, -0.25) is 4.79 Å². The van der Waals surface area contributed by atoms with Crippen molar-refractivity contribution in [3.8, 4) is 5.75 Å². The largest absolute Gasteiger partial charge is 0.491 e. The van der Waals surface area contributed by atoms with Gasteiger partial charge in [0.2, 0.25) is 5.91 Å². The summed E-state index contributed by atoms with van der Waals surface area (Å²) in [5, 5.41) is 0. The van der Waals surface area contributed by atoms with Gasteiger partial charge < -0.3 is 9.64 Å². The number of amides is 1. The summed E-state index contributed by atoms with van der Waals surface area (Å²) >= 11 is 5.63. The summed E-state index contributed by atoms with van der Waals surface area (Å²) in [4.78, 5) is 13.3. The first kappa shape index (κ1) is 16.8. The van der Waals surface area contributed by atoms with Gasteiger partial charge in [0.05, 0.1) is 12.3 Å². The van der Waals surface area contributed by atoms with Crippen LogP contribution >= 0.6 is 11.6 Å². The normalized spacial score (nSPS) is 10.7. The lowest BCUT2D eigenvalue weighted by Crippen LogP contribution is -2.28. The molecule has 0 heterocycles. The molecule has 0 N–H and O–H groups in total. The van der Waals surface area contributed by atoms with Gasteiger partial charge in [-0.2, -0.15) is 0 Å². The molecule has 0 aliphatic rings. The summed E-state index contributed by atoms with van der Waals surface area (Å²) in [6, 6.07) is 5.86. The third-order valence-electron chi connectivity index (χ3n) is 3.59. The molecule has 0 spiro atoms. The number of carbonyl (C=O) groups is 1. The van der Waals surface area contributed by atoms with E-state index < -0.39 is 0 Å². The monoisotopic (exact) mass is 297 g/mol. The molecule has 0 saturated carbocycles. The SMILES string of the molecule is CCC(CC)COc1ccc(C)cc1N(C)C(=O)CCl. The zero-order valence-electron chi connectivity index (χ0n) is 12.8. The van der Waals surface area contributed by atoms with Crippen molar-refractivity contribution >= 4 is 23.2 Å². The van der Waals surface area contributed by atoms with Crippen molar-refractivity contribution in [1.82, 2.24) is 0 Å². The Morgan fingerprint density at radius 2 is 2.00 bits per heavy atom. The minimum Gasteiger partial charge on any atom is -0.491 e. The summed E-state index contributed by atoms with van der Waals surface area (Å²) in [7, 11) is 1.73. The topological polar surface area (TPSA) is 29.5 Å². The lowest BCUT2D eigenvalue weighted by Gasteiger charge is -2.22. The Balaban J connectivity index is 2.92. The van der Waals surface area contributed by atoms with Crippen LogP contribution in [0.5, 0.6) is 5.75 Å². The smallest absolute Gasteiger partial charge is 0.241 e. The van der Waals surface area contributed by atoms with E-state index in [1.165, 1.54) is 0 Å². The molecule has 0 aromatic heterocycles. The Labute approximate surface area is 126 Å². The van der Waals surface area contributed by atoms with Crippen LogP contribution in [0.15, 0.2) is 18.2 Å². The predicted molar refractivity (Wildman–Crippen MR) is 84.9 cm³/mol. The van der Waals surface area contributed by atoms with Crippen LogP contribution in [-0.2, 0) is 4.79 Å². The molecule has 3 nitrogen and oxygen atoms in total. The molecule has 1 aromatic rings. The number of anilines is 1. The van der Waals surface area contributed by atoms with Gasteiger partial charge in [0.15, 0.2) is 0 Å². The molecular formula is C16H24ClNO2. The fourth-order valence-electron chi connectivity index (χ4n) is 1.97. The Morgan fingerprint density at radius 3 is 2.55 bits per heavy atom. The molecule has 0 aliphatic heterocycles. The van der Waals surface area contributed by atoms with E-state index in [2.05, 4.69) is 13.8 Å². The van der Waals surface area contributed by atoms with E-state index in [4.69, 9.17) is 16.3 Å². The second kappa shape index (κ2) is 8.15. The number of carbonyl (C=O) groups excluding carboxylic acids is 1. The van der Waals surface area contributed by atoms with Gasteiger partial charge >= 0.3 is 0 Å². The van der Waals surface area contributed by atoms with E-state index >= 15 is 0 Å². The van der Waals surface area contributed by atoms with Gasteiger partial charge in [-0.25, -0.2) is 0 Å². The molecule has 20 heavy (non-hydrogen) atoms. The van der Waals surface area contributed by atoms with E-state index in [9.17, 15) is 4.79 Å². The maximum Gasteiger partial charge on any atom is 0.241 e. The molecule has 0 atom stereocenters. The molecule has 4 heteroatoms. The van der Waals surface area contributed by atoms with E-state index in [0.717, 1.165) is 29.8 Å². The number of hydrogen-bond donors (Lipinski definition) is 0. The van der Waals surface area contributed by atoms with E-state index in [1.807, 2.05) is 25.1 Å². The average molecular weight is 298 g/mol. The Hall–Kier alpha value is -1.22. The van der Waals surface area contributed by atoms with Crippen molar-refractivity contribution in [3.05, 3.63) is 23.8 Å². The van der Waals surface area contributed by atoms with Crippen LogP contribution in [0.3, 0.4) is 0 Å². The summed E-state index contributed by atoms with van der Waals surface area (Å²) in [5.41, 5.74) is 1.87. The number of halogens is 1. The van der Waals surface area contributed by atoms with Gasteiger partial charge in [-0.1, -0.05) is 32.8 Å². The Bertz CT molecular complexity index is 444. The van der Waals surface area contributed by atoms with Gasteiger partial charge in [0, 0.05) is 7.05 Å². The number of aryl methyl sites for hydroxylation is 1. The van der Waals surface area contributed by atoms with Crippen molar-refractivity contribution in [3.63, 3.8) is 0 Å². The number of nitrogens with zero attached hydrogens (tertiary/aromatic N) is 1. The van der Waals surface area contributed by atoms with E-state index in [-0.39, 0.29) is 11.8 Å². The maximum absolute atomic E-state index is 11.8. The van der Waals surface area contributed by atoms with Crippen LogP contribution in [0.25, 0.3) is 0 Å². The van der Waals surface area contributed by atoms with Gasteiger partial charge in [0.1, 0.15) is 11.6 Å². The minimum atomic E-state index is -0.135. The van der Waals surface area contributed by atoms with E-state index in [0.29, 0.717) is 12.5 Å². The molecule has 0 unspecified atom stereocenters. The third-order valence-corrected chi connectivity index (χ3v) is 3.82. The van der Waals surface area contributed by atoms with Gasteiger partial charge in [-0.15, -0.1) is 11.6 Å². The molecule has 0 fully saturated rings. The quantitative estimate of drug-likeness (QED) is 0.712. The lowest BCUT2D eigenvalue weighted by molar-refractivity contribution is -0.116. The van der Waals surface area contributed by atoms with Gasteiger partial charge in [0.25, 0.3) is 0 Å². The fourth-order valence-corrected chi connectivity index (χ4v) is 2.15. The highest BCUT2D eigenvalue weighted by Gasteiger charge is 2.15. The summed E-state index contributed by atoms with van der Waals surface area (Å²) in [5.74, 6) is 1.11. The van der Waals surface area contributed by atoms with Crippen LogP contribution in [0.4, 0.5) is 5.69 Å². The van der Waals surface area contributed by atoms with Gasteiger partial charge in [-0.05, 0) is 30.5 Å². The van der Waals surface area contributed by atoms with Crippen molar-refractivity contribution in [2.24, 2.45) is 5.92 Å². The predicted octanol–water partition coefficient (Wildman–Crippen LogP) is 4.01.